The molecule has 4 aromatic carbocycles. The fourth-order valence-electron chi connectivity index (χ4n) is 4.76. The maximum absolute atomic E-state index is 14.4. The van der Waals surface area contributed by atoms with Gasteiger partial charge < -0.3 is 24.0 Å². The molecule has 0 aliphatic rings. The van der Waals surface area contributed by atoms with E-state index in [0.29, 0.717) is 12.1 Å². The standard InChI is InChI=1S/C36H28ClF7N2O7/c1-21(47)17-45(19-51-31-12-10-26(37)16-29(31)36(42,43)44)27-7-3-5-23(13-27)33(49)53-34(50)24-6-4-8-28(14-24)46(18-22(2)48)20-52-32-11-9-25(15-30(32)38)35(39,40)41/h3-16H,17-20H2,1-2H3. The second-order valence-electron chi connectivity index (χ2n) is 11.4. The molecule has 0 saturated carbocycles. The van der Waals surface area contributed by atoms with Crippen molar-refractivity contribution in [3.05, 3.63) is 118 Å². The van der Waals surface area contributed by atoms with Crippen LogP contribution in [0.5, 0.6) is 11.5 Å². The molecule has 0 unspecified atom stereocenters. The number of esters is 2. The summed E-state index contributed by atoms with van der Waals surface area (Å²) in [4.78, 5) is 52.6. The second kappa shape index (κ2) is 16.8. The number of hydrogen-bond donors (Lipinski definition) is 0. The summed E-state index contributed by atoms with van der Waals surface area (Å²) in [5, 5.41) is -0.173. The summed E-state index contributed by atoms with van der Waals surface area (Å²) >= 11 is 5.73. The lowest BCUT2D eigenvalue weighted by molar-refractivity contribution is -0.139. The highest BCUT2D eigenvalue weighted by molar-refractivity contribution is 6.30. The average Bonchev–Trinajstić information content (AvgIpc) is 3.08. The summed E-state index contributed by atoms with van der Waals surface area (Å²) in [6.45, 7) is 0.742. The van der Waals surface area contributed by atoms with E-state index < -0.39 is 72.0 Å². The number of benzene rings is 4. The van der Waals surface area contributed by atoms with Crippen molar-refractivity contribution in [2.75, 3.05) is 36.4 Å². The monoisotopic (exact) mass is 768 g/mol. The molecule has 0 heterocycles. The number of carbonyl (C=O) groups is 4. The zero-order chi connectivity index (χ0) is 39.1. The molecule has 0 aliphatic heterocycles. The van der Waals surface area contributed by atoms with Crippen LogP contribution in [0.4, 0.5) is 42.1 Å². The third-order valence-electron chi connectivity index (χ3n) is 7.16. The van der Waals surface area contributed by atoms with Crippen LogP contribution in [-0.4, -0.2) is 50.1 Å². The number of anilines is 2. The fraction of sp³-hybridized carbons (Fsp3) is 0.222. The molecule has 0 aromatic heterocycles. The van der Waals surface area contributed by atoms with Crippen LogP contribution >= 0.6 is 11.6 Å². The van der Waals surface area contributed by atoms with Gasteiger partial charge in [-0.2, -0.15) is 26.3 Å². The summed E-state index contributed by atoms with van der Waals surface area (Å²) < 4.78 is 110. The van der Waals surface area contributed by atoms with Crippen molar-refractivity contribution >= 4 is 46.5 Å². The Morgan fingerprint density at radius 3 is 1.58 bits per heavy atom. The summed E-state index contributed by atoms with van der Waals surface area (Å²) in [6, 6.07) is 15.3. The average molecular weight is 769 g/mol. The second-order valence-corrected chi connectivity index (χ2v) is 11.8. The van der Waals surface area contributed by atoms with E-state index in [9.17, 15) is 49.9 Å². The zero-order valence-corrected chi connectivity index (χ0v) is 28.4. The molecule has 17 heteroatoms. The van der Waals surface area contributed by atoms with Gasteiger partial charge in [0.15, 0.2) is 25.0 Å². The molecule has 0 amide bonds. The van der Waals surface area contributed by atoms with Crippen LogP contribution in [0.3, 0.4) is 0 Å². The number of carbonyl (C=O) groups excluding carboxylic acids is 4. The Labute approximate surface area is 302 Å². The number of ketones is 2. The minimum Gasteiger partial charge on any atom is -0.472 e. The molecule has 280 valence electrons. The summed E-state index contributed by atoms with van der Waals surface area (Å²) in [5.41, 5.74) is -2.38. The van der Waals surface area contributed by atoms with Crippen molar-refractivity contribution in [3.8, 4) is 11.5 Å². The first-order valence-electron chi connectivity index (χ1n) is 15.3. The molecular weight excluding hydrogens is 741 g/mol. The normalized spacial score (nSPS) is 11.4. The van der Waals surface area contributed by atoms with Crippen LogP contribution < -0.4 is 19.3 Å². The number of alkyl halides is 6. The van der Waals surface area contributed by atoms with Crippen LogP contribution in [0, 0.1) is 5.82 Å². The predicted molar refractivity (Wildman–Crippen MR) is 178 cm³/mol. The highest BCUT2D eigenvalue weighted by Crippen LogP contribution is 2.38. The molecule has 0 bridgehead atoms. The van der Waals surface area contributed by atoms with Gasteiger partial charge >= 0.3 is 24.3 Å². The van der Waals surface area contributed by atoms with Crippen LogP contribution in [0.2, 0.25) is 5.02 Å². The van der Waals surface area contributed by atoms with Gasteiger partial charge in [0.25, 0.3) is 0 Å². The van der Waals surface area contributed by atoms with E-state index in [1.165, 1.54) is 78.2 Å². The van der Waals surface area contributed by atoms with Gasteiger partial charge in [-0.15, -0.1) is 0 Å². The number of ether oxygens (including phenoxy) is 3. The van der Waals surface area contributed by atoms with Crippen molar-refractivity contribution in [1.29, 1.82) is 0 Å². The minimum atomic E-state index is -4.80. The Kier molecular flexibility index (Phi) is 12.7. The van der Waals surface area contributed by atoms with Gasteiger partial charge in [0.1, 0.15) is 17.3 Å². The van der Waals surface area contributed by atoms with E-state index in [1.807, 2.05) is 0 Å². The third kappa shape index (κ3) is 11.2. The van der Waals surface area contributed by atoms with Gasteiger partial charge in [0, 0.05) is 16.4 Å². The van der Waals surface area contributed by atoms with Crippen molar-refractivity contribution < 1.29 is 64.1 Å². The van der Waals surface area contributed by atoms with Gasteiger partial charge in [-0.05, 0) is 86.6 Å². The van der Waals surface area contributed by atoms with Gasteiger partial charge in [-0.3, -0.25) is 9.59 Å². The lowest BCUT2D eigenvalue weighted by atomic mass is 10.1. The fourth-order valence-corrected chi connectivity index (χ4v) is 4.93. The predicted octanol–water partition coefficient (Wildman–Crippen LogP) is 8.38. The van der Waals surface area contributed by atoms with E-state index in [-0.39, 0.29) is 52.5 Å². The van der Waals surface area contributed by atoms with Crippen LogP contribution in [-0.2, 0) is 26.7 Å². The van der Waals surface area contributed by atoms with Crippen molar-refractivity contribution in [1.82, 2.24) is 0 Å². The van der Waals surface area contributed by atoms with Crippen LogP contribution in [0.1, 0.15) is 45.7 Å². The van der Waals surface area contributed by atoms with E-state index in [0.717, 1.165) is 12.1 Å². The summed E-state index contributed by atoms with van der Waals surface area (Å²) in [5.74, 6) is -5.42. The first-order chi connectivity index (χ1) is 24.8. The van der Waals surface area contributed by atoms with E-state index >= 15 is 0 Å². The van der Waals surface area contributed by atoms with E-state index in [1.54, 1.807) is 0 Å². The Morgan fingerprint density at radius 1 is 0.642 bits per heavy atom. The third-order valence-corrected chi connectivity index (χ3v) is 7.40. The number of rotatable bonds is 14. The Morgan fingerprint density at radius 2 is 1.13 bits per heavy atom. The molecule has 0 radical (unpaired) electrons. The molecule has 0 spiro atoms. The molecule has 0 aliphatic carbocycles. The maximum atomic E-state index is 14.4. The van der Waals surface area contributed by atoms with Gasteiger partial charge in [-0.1, -0.05) is 23.7 Å². The molecule has 53 heavy (non-hydrogen) atoms. The number of hydrogen-bond acceptors (Lipinski definition) is 9. The lowest BCUT2D eigenvalue weighted by Gasteiger charge is -2.25. The highest BCUT2D eigenvalue weighted by Gasteiger charge is 2.35. The number of Topliss-reactive ketones (excluding diaryl/α,β-unsaturated/α-hetero) is 2. The molecule has 0 saturated heterocycles. The van der Waals surface area contributed by atoms with Crippen molar-refractivity contribution in [2.24, 2.45) is 0 Å². The van der Waals surface area contributed by atoms with Crippen LogP contribution in [0.25, 0.3) is 0 Å². The SMILES string of the molecule is CC(=O)CN(COc1ccc(C(F)(F)F)cc1F)c1cccc(C(=O)OC(=O)c2cccc(N(COc3ccc(Cl)cc3C(F)(F)F)CC(C)=O)c2)c1. The smallest absolute Gasteiger partial charge is 0.420 e. The molecule has 9 nitrogen and oxygen atoms in total. The molecule has 0 fully saturated rings. The Bertz CT molecular complexity index is 2000. The van der Waals surface area contributed by atoms with Gasteiger partial charge in [0.05, 0.1) is 35.3 Å². The quantitative estimate of drug-likeness (QED) is 0.0542. The lowest BCUT2D eigenvalue weighted by Crippen LogP contribution is -2.33. The molecule has 0 N–H and O–H groups in total. The molecule has 0 atom stereocenters. The Hall–Kier alpha value is -5.64. The molecular formula is C36H28ClF7N2O7. The maximum Gasteiger partial charge on any atom is 0.420 e. The minimum absolute atomic E-state index is 0.163. The summed E-state index contributed by atoms with van der Waals surface area (Å²) in [6.07, 6.45) is -9.58. The molecule has 4 aromatic rings. The van der Waals surface area contributed by atoms with Crippen LogP contribution in [0.15, 0.2) is 84.9 Å². The number of halogens is 8. The van der Waals surface area contributed by atoms with E-state index in [4.69, 9.17) is 25.8 Å². The highest BCUT2D eigenvalue weighted by atomic mass is 35.5. The van der Waals surface area contributed by atoms with Crippen molar-refractivity contribution in [2.45, 2.75) is 26.2 Å². The van der Waals surface area contributed by atoms with Gasteiger partial charge in [-0.25, -0.2) is 14.0 Å². The van der Waals surface area contributed by atoms with E-state index in [2.05, 4.69) is 0 Å². The van der Waals surface area contributed by atoms with Gasteiger partial charge in [0.2, 0.25) is 0 Å². The molecule has 4 rings (SSSR count). The zero-order valence-electron chi connectivity index (χ0n) is 27.7. The largest absolute Gasteiger partial charge is 0.472 e. The summed E-state index contributed by atoms with van der Waals surface area (Å²) in [7, 11) is 0. The Balaban J connectivity index is 1.49. The number of nitrogens with zero attached hydrogens (tertiary/aromatic N) is 2. The first kappa shape index (κ1) is 40.1. The first-order valence-corrected chi connectivity index (χ1v) is 15.6. The topological polar surface area (TPSA) is 102 Å². The van der Waals surface area contributed by atoms with Crippen molar-refractivity contribution in [3.63, 3.8) is 0 Å².